The number of hydrogen-bond acceptors (Lipinski definition) is 5. The maximum Gasteiger partial charge on any atom is 0.415 e. The van der Waals surface area contributed by atoms with Gasteiger partial charge in [-0.1, -0.05) is 19.1 Å². The highest BCUT2D eigenvalue weighted by Gasteiger charge is 2.22. The van der Waals surface area contributed by atoms with Gasteiger partial charge in [0.1, 0.15) is 5.52 Å². The van der Waals surface area contributed by atoms with E-state index in [1.54, 1.807) is 11.1 Å². The van der Waals surface area contributed by atoms with Gasteiger partial charge in [-0.25, -0.2) is 4.79 Å². The van der Waals surface area contributed by atoms with E-state index in [0.29, 0.717) is 5.75 Å². The van der Waals surface area contributed by atoms with E-state index in [1.165, 1.54) is 5.56 Å². The minimum atomic E-state index is -0.261. The van der Waals surface area contributed by atoms with Crippen LogP contribution in [0.4, 0.5) is 4.79 Å². The molecule has 0 unspecified atom stereocenters. The van der Waals surface area contributed by atoms with Gasteiger partial charge in [-0.2, -0.15) is 0 Å². The van der Waals surface area contributed by atoms with E-state index in [-0.39, 0.29) is 6.09 Å². The van der Waals surface area contributed by atoms with Crippen molar-refractivity contribution in [3.8, 4) is 5.75 Å². The van der Waals surface area contributed by atoms with Crippen molar-refractivity contribution in [1.29, 1.82) is 0 Å². The lowest BCUT2D eigenvalue weighted by Crippen LogP contribution is -2.45. The standard InChI is InChI=1S/C21H28N4O2/c1-2-23-12-14-24(15-13-23)16-17-7-8-19(20-18(17)6-5-9-22-20)27-21(26)25-10-3-4-11-25/h5-9H,2-4,10-16H2,1H3. The third-order valence-corrected chi connectivity index (χ3v) is 5.69. The lowest BCUT2D eigenvalue weighted by atomic mass is 10.1. The fourth-order valence-electron chi connectivity index (χ4n) is 3.99. The summed E-state index contributed by atoms with van der Waals surface area (Å²) in [4.78, 5) is 23.6. The molecule has 0 aliphatic carbocycles. The van der Waals surface area contributed by atoms with E-state index in [1.807, 2.05) is 12.1 Å². The van der Waals surface area contributed by atoms with Crippen LogP contribution in [0.25, 0.3) is 10.9 Å². The average Bonchev–Trinajstić information content (AvgIpc) is 3.25. The van der Waals surface area contributed by atoms with Crippen molar-refractivity contribution in [1.82, 2.24) is 19.7 Å². The van der Waals surface area contributed by atoms with Crippen molar-refractivity contribution in [3.05, 3.63) is 36.0 Å². The molecule has 0 radical (unpaired) electrons. The van der Waals surface area contributed by atoms with Gasteiger partial charge in [0.05, 0.1) is 0 Å². The number of ether oxygens (including phenoxy) is 1. The highest BCUT2D eigenvalue weighted by atomic mass is 16.6. The van der Waals surface area contributed by atoms with Crippen molar-refractivity contribution >= 4 is 17.0 Å². The van der Waals surface area contributed by atoms with Crippen LogP contribution in [0.15, 0.2) is 30.5 Å². The second-order valence-electron chi connectivity index (χ2n) is 7.39. The Labute approximate surface area is 160 Å². The SMILES string of the molecule is CCN1CCN(Cc2ccc(OC(=O)N3CCCC3)c3ncccc23)CC1. The molecule has 27 heavy (non-hydrogen) atoms. The molecule has 4 rings (SSSR count). The summed E-state index contributed by atoms with van der Waals surface area (Å²) in [5.74, 6) is 0.557. The minimum absolute atomic E-state index is 0.261. The van der Waals surface area contributed by atoms with Crippen molar-refractivity contribution in [2.24, 2.45) is 0 Å². The molecule has 2 aliphatic rings. The van der Waals surface area contributed by atoms with E-state index in [2.05, 4.69) is 33.8 Å². The maximum atomic E-state index is 12.4. The summed E-state index contributed by atoms with van der Waals surface area (Å²) in [5.41, 5.74) is 2.01. The molecule has 0 saturated carbocycles. The van der Waals surface area contributed by atoms with E-state index in [4.69, 9.17) is 4.74 Å². The van der Waals surface area contributed by atoms with Gasteiger partial charge in [0, 0.05) is 57.4 Å². The van der Waals surface area contributed by atoms with Crippen molar-refractivity contribution in [2.45, 2.75) is 26.3 Å². The molecule has 0 spiro atoms. The minimum Gasteiger partial charge on any atom is -0.408 e. The van der Waals surface area contributed by atoms with Crippen LogP contribution in [0.5, 0.6) is 5.75 Å². The molecular formula is C21H28N4O2. The zero-order valence-corrected chi connectivity index (χ0v) is 16.1. The number of amides is 1. The summed E-state index contributed by atoms with van der Waals surface area (Å²) in [7, 11) is 0. The van der Waals surface area contributed by atoms with Gasteiger partial charge in [0.2, 0.25) is 0 Å². The first kappa shape index (κ1) is 18.2. The summed E-state index contributed by atoms with van der Waals surface area (Å²) in [6, 6.07) is 8.02. The van der Waals surface area contributed by atoms with Crippen LogP contribution in [0.2, 0.25) is 0 Å². The number of hydrogen-bond donors (Lipinski definition) is 0. The largest absolute Gasteiger partial charge is 0.415 e. The molecule has 6 heteroatoms. The smallest absolute Gasteiger partial charge is 0.408 e. The van der Waals surface area contributed by atoms with Crippen molar-refractivity contribution < 1.29 is 9.53 Å². The summed E-state index contributed by atoms with van der Waals surface area (Å²) < 4.78 is 5.69. The Bertz CT molecular complexity index is 796. The van der Waals surface area contributed by atoms with E-state index >= 15 is 0 Å². The average molecular weight is 368 g/mol. The van der Waals surface area contributed by atoms with Gasteiger partial charge >= 0.3 is 6.09 Å². The Morgan fingerprint density at radius 1 is 1.04 bits per heavy atom. The molecule has 3 heterocycles. The second kappa shape index (κ2) is 8.23. The van der Waals surface area contributed by atoms with Crippen LogP contribution < -0.4 is 4.74 Å². The number of likely N-dealkylation sites (tertiary alicyclic amines) is 1. The highest BCUT2D eigenvalue weighted by molar-refractivity contribution is 5.89. The Balaban J connectivity index is 1.52. The third kappa shape index (κ3) is 4.06. The lowest BCUT2D eigenvalue weighted by Gasteiger charge is -2.34. The Hall–Kier alpha value is -2.18. The number of fused-ring (bicyclic) bond motifs is 1. The van der Waals surface area contributed by atoms with Gasteiger partial charge in [-0.3, -0.25) is 9.88 Å². The van der Waals surface area contributed by atoms with Gasteiger partial charge < -0.3 is 14.5 Å². The van der Waals surface area contributed by atoms with Crippen LogP contribution in [0.3, 0.4) is 0 Å². The van der Waals surface area contributed by atoms with Crippen molar-refractivity contribution in [3.63, 3.8) is 0 Å². The first-order chi connectivity index (χ1) is 13.2. The molecule has 1 amide bonds. The summed E-state index contributed by atoms with van der Waals surface area (Å²) in [6.45, 7) is 10.2. The van der Waals surface area contributed by atoms with E-state index in [9.17, 15) is 4.79 Å². The highest BCUT2D eigenvalue weighted by Crippen LogP contribution is 2.28. The summed E-state index contributed by atoms with van der Waals surface area (Å²) in [6.07, 6.45) is 3.61. The van der Waals surface area contributed by atoms with E-state index < -0.39 is 0 Å². The quantitative estimate of drug-likeness (QED) is 0.830. The van der Waals surface area contributed by atoms with Gasteiger partial charge in [0.15, 0.2) is 5.75 Å². The molecule has 1 aromatic carbocycles. The summed E-state index contributed by atoms with van der Waals surface area (Å²) in [5, 5.41) is 1.07. The Morgan fingerprint density at radius 3 is 2.52 bits per heavy atom. The predicted octanol–water partition coefficient (Wildman–Crippen LogP) is 2.97. The van der Waals surface area contributed by atoms with Crippen LogP contribution in [0.1, 0.15) is 25.3 Å². The first-order valence-corrected chi connectivity index (χ1v) is 10.0. The zero-order chi connectivity index (χ0) is 18.6. The predicted molar refractivity (Wildman–Crippen MR) is 106 cm³/mol. The normalized spacial score (nSPS) is 18.9. The number of benzene rings is 1. The molecule has 0 atom stereocenters. The molecule has 2 aromatic rings. The van der Waals surface area contributed by atoms with Crippen molar-refractivity contribution in [2.75, 3.05) is 45.8 Å². The van der Waals surface area contributed by atoms with Crippen LogP contribution in [-0.2, 0) is 6.54 Å². The van der Waals surface area contributed by atoms with Gasteiger partial charge in [0.25, 0.3) is 0 Å². The zero-order valence-electron chi connectivity index (χ0n) is 16.1. The fourth-order valence-corrected chi connectivity index (χ4v) is 3.99. The molecular weight excluding hydrogens is 340 g/mol. The maximum absolute atomic E-state index is 12.4. The third-order valence-electron chi connectivity index (χ3n) is 5.69. The second-order valence-corrected chi connectivity index (χ2v) is 7.39. The number of aromatic nitrogens is 1. The monoisotopic (exact) mass is 368 g/mol. The first-order valence-electron chi connectivity index (χ1n) is 10.0. The molecule has 6 nitrogen and oxygen atoms in total. The number of likely N-dealkylation sites (N-methyl/N-ethyl adjacent to an activating group) is 1. The lowest BCUT2D eigenvalue weighted by molar-refractivity contribution is 0.132. The molecule has 2 fully saturated rings. The van der Waals surface area contributed by atoms with Crippen LogP contribution >= 0.6 is 0 Å². The molecule has 0 N–H and O–H groups in total. The number of rotatable bonds is 4. The number of carbonyl (C=O) groups excluding carboxylic acids is 1. The molecule has 0 bridgehead atoms. The molecule has 2 aliphatic heterocycles. The van der Waals surface area contributed by atoms with Crippen LogP contribution in [-0.4, -0.2) is 71.6 Å². The molecule has 1 aromatic heterocycles. The van der Waals surface area contributed by atoms with Gasteiger partial charge in [-0.05, 0) is 37.1 Å². The number of carbonyl (C=O) groups is 1. The summed E-state index contributed by atoms with van der Waals surface area (Å²) >= 11 is 0. The Morgan fingerprint density at radius 2 is 1.78 bits per heavy atom. The Kier molecular flexibility index (Phi) is 5.55. The fraction of sp³-hybridized carbons (Fsp3) is 0.524. The van der Waals surface area contributed by atoms with Gasteiger partial charge in [-0.15, -0.1) is 0 Å². The topological polar surface area (TPSA) is 48.9 Å². The molecule has 144 valence electrons. The van der Waals surface area contributed by atoms with Crippen LogP contribution in [0, 0.1) is 0 Å². The van der Waals surface area contributed by atoms with E-state index in [0.717, 1.165) is 76.1 Å². The number of pyridine rings is 1. The molecule has 2 saturated heterocycles. The number of nitrogens with zero attached hydrogens (tertiary/aromatic N) is 4. The number of piperazine rings is 1.